The normalized spacial score (nSPS) is 14.5. The molecule has 0 unspecified atom stereocenters. The maximum atomic E-state index is 14.2. The smallest absolute Gasteiger partial charge is 0.337 e. The number of pyridine rings is 1. The highest BCUT2D eigenvalue weighted by Crippen LogP contribution is 2.35. The number of aromatic nitrogens is 2. The van der Waals surface area contributed by atoms with Crippen molar-refractivity contribution >= 4 is 17.3 Å². The van der Waals surface area contributed by atoms with E-state index in [2.05, 4.69) is 37.6 Å². The van der Waals surface area contributed by atoms with Crippen molar-refractivity contribution in [1.29, 1.82) is 0 Å². The Morgan fingerprint density at radius 3 is 2.53 bits per heavy atom. The summed E-state index contributed by atoms with van der Waals surface area (Å²) < 4.78 is 30.9. The molecule has 2 atom stereocenters. The molecule has 0 fully saturated rings. The highest BCUT2D eigenvalue weighted by molar-refractivity contribution is 7.15. The van der Waals surface area contributed by atoms with Crippen molar-refractivity contribution in [3.63, 3.8) is 0 Å². The van der Waals surface area contributed by atoms with Gasteiger partial charge in [0.05, 0.1) is 24.1 Å². The van der Waals surface area contributed by atoms with Crippen LogP contribution in [0.25, 0.3) is 10.6 Å². The van der Waals surface area contributed by atoms with E-state index in [1.54, 1.807) is 7.11 Å². The minimum atomic E-state index is -1.30. The van der Waals surface area contributed by atoms with Crippen molar-refractivity contribution in [1.82, 2.24) is 14.9 Å². The fraction of sp³-hybridized carbons (Fsp3) is 0.679. The van der Waals surface area contributed by atoms with Gasteiger partial charge in [-0.2, -0.15) is 0 Å². The molecule has 10 heteroatoms. The first kappa shape index (κ1) is 32.1. The third-order valence-corrected chi connectivity index (χ3v) is 8.04. The van der Waals surface area contributed by atoms with Crippen molar-refractivity contribution in [2.24, 2.45) is 11.3 Å². The molecular weight excluding hydrogens is 509 g/mol. The van der Waals surface area contributed by atoms with Gasteiger partial charge in [-0.15, -0.1) is 11.3 Å². The molecule has 0 saturated heterocycles. The van der Waals surface area contributed by atoms with Crippen LogP contribution in [0.5, 0.6) is 5.88 Å². The van der Waals surface area contributed by atoms with Crippen LogP contribution in [0.1, 0.15) is 65.0 Å². The number of aryl methyl sites for hydroxylation is 1. The molecule has 1 N–H and O–H groups in total. The van der Waals surface area contributed by atoms with Gasteiger partial charge >= 0.3 is 5.97 Å². The third-order valence-electron chi connectivity index (χ3n) is 6.87. The van der Waals surface area contributed by atoms with Crippen molar-refractivity contribution in [3.05, 3.63) is 28.7 Å². The molecule has 8 nitrogen and oxygen atoms in total. The Hall–Kier alpha value is -2.14. The minimum absolute atomic E-state index is 0.0379. The van der Waals surface area contributed by atoms with Crippen LogP contribution in [0, 0.1) is 24.1 Å². The van der Waals surface area contributed by atoms with Gasteiger partial charge in [-0.1, -0.05) is 41.5 Å². The van der Waals surface area contributed by atoms with Gasteiger partial charge in [0.1, 0.15) is 17.4 Å². The number of carbonyl (C=O) groups is 1. The van der Waals surface area contributed by atoms with E-state index < -0.39 is 17.4 Å². The van der Waals surface area contributed by atoms with Gasteiger partial charge < -0.3 is 19.3 Å². The first-order valence-electron chi connectivity index (χ1n) is 13.2. The predicted molar refractivity (Wildman–Crippen MR) is 148 cm³/mol. The zero-order chi connectivity index (χ0) is 28.5. The number of thiazole rings is 1. The first-order valence-corrected chi connectivity index (χ1v) is 14.0. The first-order chi connectivity index (χ1) is 17.9. The molecular formula is C28H44FN3O5S. The highest BCUT2D eigenvalue weighted by Gasteiger charge is 2.40. The van der Waals surface area contributed by atoms with E-state index in [1.807, 2.05) is 20.8 Å². The molecule has 0 amide bonds. The quantitative estimate of drug-likeness (QED) is 0.260. The molecule has 2 rings (SSSR count). The number of halogens is 1. The lowest BCUT2D eigenvalue weighted by Gasteiger charge is -2.38. The Morgan fingerprint density at radius 2 is 1.95 bits per heavy atom. The third kappa shape index (κ3) is 8.69. The predicted octanol–water partition coefficient (Wildman–Crippen LogP) is 5.82. The summed E-state index contributed by atoms with van der Waals surface area (Å²) in [6.07, 6.45) is 2.21. The number of carboxylic acids is 1. The molecule has 0 aromatic carbocycles. The van der Waals surface area contributed by atoms with Crippen LogP contribution in [-0.4, -0.2) is 71.6 Å². The Morgan fingerprint density at radius 1 is 1.24 bits per heavy atom. The van der Waals surface area contributed by atoms with Gasteiger partial charge in [-0.3, -0.25) is 4.90 Å². The van der Waals surface area contributed by atoms with Crippen molar-refractivity contribution in [2.45, 2.75) is 73.5 Å². The van der Waals surface area contributed by atoms with Crippen molar-refractivity contribution in [3.8, 4) is 16.5 Å². The van der Waals surface area contributed by atoms with Crippen LogP contribution in [0.2, 0.25) is 0 Å². The summed E-state index contributed by atoms with van der Waals surface area (Å²) in [6, 6.07) is 1.38. The van der Waals surface area contributed by atoms with Crippen LogP contribution < -0.4 is 4.74 Å². The monoisotopic (exact) mass is 553 g/mol. The lowest BCUT2D eigenvalue weighted by molar-refractivity contribution is -0.170. The fourth-order valence-electron chi connectivity index (χ4n) is 3.85. The molecule has 0 bridgehead atoms. The Balaban J connectivity index is 2.43. The summed E-state index contributed by atoms with van der Waals surface area (Å²) in [5, 5.41) is 10.8. The molecule has 2 aromatic heterocycles. The Kier molecular flexibility index (Phi) is 12.1. The van der Waals surface area contributed by atoms with E-state index >= 15 is 0 Å². The molecule has 0 radical (unpaired) electrons. The van der Waals surface area contributed by atoms with E-state index in [-0.39, 0.29) is 24.5 Å². The summed E-state index contributed by atoms with van der Waals surface area (Å²) >= 11 is 1.44. The number of carboxylic acid groups (broad SMARTS) is 1. The minimum Gasteiger partial charge on any atom is -0.479 e. The lowest BCUT2D eigenvalue weighted by Crippen LogP contribution is -2.52. The summed E-state index contributed by atoms with van der Waals surface area (Å²) in [4.78, 5) is 24.4. The van der Waals surface area contributed by atoms with Crippen LogP contribution in [0.3, 0.4) is 0 Å². The number of hydrogen-bond donors (Lipinski definition) is 1. The fourth-order valence-corrected chi connectivity index (χ4v) is 4.97. The summed E-state index contributed by atoms with van der Waals surface area (Å²) in [5.74, 6) is -0.840. The maximum Gasteiger partial charge on any atom is 0.337 e. The average molecular weight is 554 g/mol. The second-order valence-corrected chi connectivity index (χ2v) is 11.9. The Labute approximate surface area is 230 Å². The maximum absolute atomic E-state index is 14.2. The van der Waals surface area contributed by atoms with Gasteiger partial charge in [0.25, 0.3) is 0 Å². The zero-order valence-electron chi connectivity index (χ0n) is 24.1. The molecule has 0 saturated carbocycles. The molecule has 2 aromatic rings. The van der Waals surface area contributed by atoms with Crippen LogP contribution >= 0.6 is 11.3 Å². The van der Waals surface area contributed by atoms with Crippen molar-refractivity contribution in [2.75, 3.05) is 40.0 Å². The number of nitrogens with zero attached hydrogens (tertiary/aromatic N) is 3. The van der Waals surface area contributed by atoms with E-state index in [0.717, 1.165) is 23.2 Å². The molecule has 0 aliphatic heterocycles. The second kappa shape index (κ2) is 14.3. The van der Waals surface area contributed by atoms with E-state index in [0.29, 0.717) is 49.2 Å². The summed E-state index contributed by atoms with van der Waals surface area (Å²) in [5.41, 5.74) is 0.0206. The highest BCUT2D eigenvalue weighted by atomic mass is 32.1. The molecule has 0 aliphatic rings. The molecule has 2 heterocycles. The van der Waals surface area contributed by atoms with E-state index in [4.69, 9.17) is 19.2 Å². The topological polar surface area (TPSA) is 94.0 Å². The second-order valence-electron chi connectivity index (χ2n) is 10.8. The number of hydrogen-bond acceptors (Lipinski definition) is 8. The SMILES string of the molecule is CCCO[C@@](CC)(CN(Cc1sc(-c2cc(F)cnc2OCCOC)nc1C)C[C@H](C)C(C)(C)C)C(=O)O. The van der Waals surface area contributed by atoms with Gasteiger partial charge in [0.15, 0.2) is 5.60 Å². The number of methoxy groups -OCH3 is 1. The van der Waals surface area contributed by atoms with Crippen LogP contribution in [0.4, 0.5) is 4.39 Å². The van der Waals surface area contributed by atoms with Gasteiger partial charge in [0.2, 0.25) is 5.88 Å². The van der Waals surface area contributed by atoms with Crippen molar-refractivity contribution < 1.29 is 28.5 Å². The molecule has 214 valence electrons. The lowest BCUT2D eigenvalue weighted by atomic mass is 9.81. The summed E-state index contributed by atoms with van der Waals surface area (Å²) in [7, 11) is 1.58. The van der Waals surface area contributed by atoms with E-state index in [9.17, 15) is 14.3 Å². The average Bonchev–Trinajstić information content (AvgIpc) is 3.21. The van der Waals surface area contributed by atoms with Crippen LogP contribution in [0.15, 0.2) is 12.3 Å². The Bertz CT molecular complexity index is 1040. The van der Waals surface area contributed by atoms with Gasteiger partial charge in [0, 0.05) is 38.2 Å². The van der Waals surface area contributed by atoms with Crippen LogP contribution in [-0.2, 0) is 20.8 Å². The molecule has 0 aliphatic carbocycles. The standard InChI is InChI=1S/C28H44FN3O5S/c1-9-11-37-28(10-2,26(33)34)18-32(16-19(3)27(5,6)7)17-23-20(4)31-25(38-23)22-14-21(29)15-30-24(22)36-13-12-35-8/h14-15,19H,9-13,16-18H2,1-8H3,(H,33,34)/t19-,28-/m0/s1. The zero-order valence-corrected chi connectivity index (χ0v) is 24.9. The summed E-state index contributed by atoms with van der Waals surface area (Å²) in [6.45, 7) is 17.0. The van der Waals surface area contributed by atoms with Gasteiger partial charge in [-0.25, -0.2) is 19.2 Å². The van der Waals surface area contributed by atoms with Gasteiger partial charge in [-0.05, 0) is 37.2 Å². The molecule has 38 heavy (non-hydrogen) atoms. The van der Waals surface area contributed by atoms with E-state index in [1.165, 1.54) is 17.4 Å². The molecule has 0 spiro atoms. The number of rotatable bonds is 16. The number of ether oxygens (including phenoxy) is 3. The number of aliphatic carboxylic acids is 1. The largest absolute Gasteiger partial charge is 0.479 e.